The zero-order valence-electron chi connectivity index (χ0n) is 16.7. The Kier molecular flexibility index (Phi) is 9.59. The maximum Gasteiger partial charge on any atom is 1.00 e. The number of halogens is 2. The number of ether oxygens (including phenoxy) is 1. The number of sulfonamides is 1. The molecule has 0 bridgehead atoms. The van der Waals surface area contributed by atoms with Crippen LogP contribution in [0.2, 0.25) is 5.02 Å². The van der Waals surface area contributed by atoms with E-state index in [-0.39, 0.29) is 51.5 Å². The van der Waals surface area contributed by atoms with E-state index in [1.54, 1.807) is 25.1 Å². The van der Waals surface area contributed by atoms with Crippen molar-refractivity contribution in [3.05, 3.63) is 79.8 Å². The van der Waals surface area contributed by atoms with Crippen LogP contribution in [-0.2, 0) is 10.0 Å². The molecule has 0 spiro atoms. The first-order valence-corrected chi connectivity index (χ1v) is 11.6. The summed E-state index contributed by atoms with van der Waals surface area (Å²) in [5, 5.41) is 3.05. The maximum absolute atomic E-state index is 12.6. The van der Waals surface area contributed by atoms with Crippen LogP contribution >= 0.6 is 34.2 Å². The SMILES string of the molecule is CCNC(=O)c1cc([N-]S(=O)(=O)c2ccc(I)cc2)ccc1Oc1cncc(Cl)c1.[Na+]. The van der Waals surface area contributed by atoms with Crippen molar-refractivity contribution in [2.24, 2.45) is 0 Å². The molecule has 7 nitrogen and oxygen atoms in total. The quantitative estimate of drug-likeness (QED) is 0.342. The molecule has 1 amide bonds. The summed E-state index contributed by atoms with van der Waals surface area (Å²) in [6.45, 7) is 2.16. The Morgan fingerprint density at radius 1 is 1.16 bits per heavy atom. The second-order valence-corrected chi connectivity index (χ2v) is 9.29. The number of nitrogens with one attached hydrogen (secondary N) is 1. The van der Waals surface area contributed by atoms with Gasteiger partial charge in [0.15, 0.2) is 0 Å². The molecule has 2 aromatic carbocycles. The molecule has 0 radical (unpaired) electrons. The number of rotatable bonds is 7. The molecule has 0 aliphatic rings. The molecule has 0 aliphatic carbocycles. The van der Waals surface area contributed by atoms with Crippen molar-refractivity contribution in [3.8, 4) is 11.5 Å². The molecule has 0 fully saturated rings. The zero-order valence-corrected chi connectivity index (χ0v) is 22.4. The summed E-state index contributed by atoms with van der Waals surface area (Å²) >= 11 is 8.01. The van der Waals surface area contributed by atoms with Crippen LogP contribution in [0.4, 0.5) is 5.69 Å². The van der Waals surface area contributed by atoms with Gasteiger partial charge in [-0.05, 0) is 59.8 Å². The minimum atomic E-state index is -3.94. The fourth-order valence-electron chi connectivity index (χ4n) is 2.47. The first-order chi connectivity index (χ1) is 14.3. The van der Waals surface area contributed by atoms with Crippen LogP contribution < -0.4 is 39.6 Å². The average Bonchev–Trinajstić information content (AvgIpc) is 2.69. The van der Waals surface area contributed by atoms with E-state index in [0.717, 1.165) is 3.57 Å². The van der Waals surface area contributed by atoms with Crippen molar-refractivity contribution in [2.75, 3.05) is 6.54 Å². The summed E-state index contributed by atoms with van der Waals surface area (Å²) in [6, 6.07) is 12.2. The Morgan fingerprint density at radius 2 is 1.87 bits per heavy atom. The van der Waals surface area contributed by atoms with E-state index in [0.29, 0.717) is 17.3 Å². The molecule has 0 saturated heterocycles. The van der Waals surface area contributed by atoms with E-state index >= 15 is 0 Å². The number of amides is 1. The number of hydrogen-bond donors (Lipinski definition) is 1. The summed E-state index contributed by atoms with van der Waals surface area (Å²) in [5.74, 6) is 0.131. The molecule has 31 heavy (non-hydrogen) atoms. The average molecular weight is 580 g/mol. The van der Waals surface area contributed by atoms with E-state index < -0.39 is 15.9 Å². The molecule has 0 aliphatic heterocycles. The monoisotopic (exact) mass is 579 g/mol. The largest absolute Gasteiger partial charge is 1.00 e. The summed E-state index contributed by atoms with van der Waals surface area (Å²) in [6.07, 6.45) is 2.91. The summed E-state index contributed by atoms with van der Waals surface area (Å²) in [4.78, 5) is 16.5. The van der Waals surface area contributed by atoms with Crippen LogP contribution in [0.3, 0.4) is 0 Å². The van der Waals surface area contributed by atoms with Gasteiger partial charge in [-0.15, -0.1) is 5.69 Å². The van der Waals surface area contributed by atoms with Crippen molar-refractivity contribution >= 4 is 55.8 Å². The first-order valence-electron chi connectivity index (χ1n) is 8.73. The first kappa shape index (κ1) is 25.9. The van der Waals surface area contributed by atoms with E-state index in [4.69, 9.17) is 16.3 Å². The fraction of sp³-hybridized carbons (Fsp3) is 0.100. The Bertz CT molecular complexity index is 1180. The van der Waals surface area contributed by atoms with Gasteiger partial charge in [-0.1, -0.05) is 23.7 Å². The van der Waals surface area contributed by atoms with Gasteiger partial charge in [0.25, 0.3) is 5.91 Å². The molecule has 11 heteroatoms. The molecular weight excluding hydrogens is 564 g/mol. The number of benzene rings is 2. The van der Waals surface area contributed by atoms with Crippen molar-refractivity contribution in [1.82, 2.24) is 10.3 Å². The fourth-order valence-corrected chi connectivity index (χ4v) is 3.97. The van der Waals surface area contributed by atoms with Gasteiger partial charge in [0.05, 0.1) is 21.7 Å². The van der Waals surface area contributed by atoms with Crippen molar-refractivity contribution in [1.29, 1.82) is 0 Å². The second kappa shape index (κ2) is 11.5. The molecule has 3 aromatic rings. The number of pyridine rings is 1. The Balaban J connectivity index is 0.00000341. The molecular formula is C20H16ClIN3NaO4S. The normalized spacial score (nSPS) is 10.7. The van der Waals surface area contributed by atoms with Crippen LogP contribution in [0.1, 0.15) is 17.3 Å². The van der Waals surface area contributed by atoms with Gasteiger partial charge in [-0.25, -0.2) is 8.42 Å². The van der Waals surface area contributed by atoms with Gasteiger partial charge in [-0.3, -0.25) is 9.78 Å². The van der Waals surface area contributed by atoms with Gasteiger partial charge in [0, 0.05) is 22.4 Å². The summed E-state index contributed by atoms with van der Waals surface area (Å²) in [7, 11) is -3.94. The van der Waals surface area contributed by atoms with Gasteiger partial charge in [0.1, 0.15) is 21.5 Å². The number of aromatic nitrogens is 1. The van der Waals surface area contributed by atoms with Crippen LogP contribution in [0.5, 0.6) is 11.5 Å². The summed E-state index contributed by atoms with van der Waals surface area (Å²) < 4.78 is 35.7. The van der Waals surface area contributed by atoms with Gasteiger partial charge in [-0.2, -0.15) is 0 Å². The van der Waals surface area contributed by atoms with Crippen molar-refractivity contribution in [2.45, 2.75) is 11.8 Å². The van der Waals surface area contributed by atoms with Crippen molar-refractivity contribution in [3.63, 3.8) is 0 Å². The molecule has 156 valence electrons. The predicted molar refractivity (Wildman–Crippen MR) is 123 cm³/mol. The molecule has 1 aromatic heterocycles. The van der Waals surface area contributed by atoms with Crippen LogP contribution in [0.25, 0.3) is 4.72 Å². The second-order valence-electron chi connectivity index (χ2n) is 6.00. The van der Waals surface area contributed by atoms with Gasteiger partial charge in [0.2, 0.25) is 0 Å². The topological polar surface area (TPSA) is 99.5 Å². The minimum absolute atomic E-state index is 0. The van der Waals surface area contributed by atoms with E-state index in [1.807, 2.05) is 0 Å². The van der Waals surface area contributed by atoms with E-state index in [9.17, 15) is 13.2 Å². The Morgan fingerprint density at radius 3 is 2.52 bits per heavy atom. The predicted octanol–water partition coefficient (Wildman–Crippen LogP) is 2.28. The number of hydrogen-bond acceptors (Lipinski definition) is 5. The molecule has 0 atom stereocenters. The minimum Gasteiger partial charge on any atom is -0.573 e. The van der Waals surface area contributed by atoms with Crippen molar-refractivity contribution < 1.29 is 47.5 Å². The number of nitrogens with zero attached hydrogens (tertiary/aromatic N) is 2. The maximum atomic E-state index is 12.6. The van der Waals surface area contributed by atoms with Crippen LogP contribution in [0.15, 0.2) is 65.8 Å². The standard InChI is InChI=1S/C20H16ClIN3O4S.Na/c1-2-24-20(26)18-10-15(25-30(27,28)17-6-3-14(22)4-7-17)5-8-19(18)29-16-9-13(21)11-23-12-16;/h3-12H,2H2,1H3,(H,24,26);/q-1;+1. The molecule has 1 heterocycles. The van der Waals surface area contributed by atoms with Gasteiger partial charge >= 0.3 is 29.6 Å². The van der Waals surface area contributed by atoms with E-state index in [1.165, 1.54) is 42.7 Å². The summed E-state index contributed by atoms with van der Waals surface area (Å²) in [5.41, 5.74) is 0.238. The number of carbonyl (C=O) groups is 1. The van der Waals surface area contributed by atoms with E-state index in [2.05, 4.69) is 37.6 Å². The Labute approximate surface area is 221 Å². The third kappa shape index (κ3) is 7.06. The zero-order chi connectivity index (χ0) is 21.7. The number of carbonyl (C=O) groups excluding carboxylic acids is 1. The third-order valence-corrected chi connectivity index (χ3v) is 6.03. The molecule has 0 saturated carbocycles. The van der Waals surface area contributed by atoms with Crippen LogP contribution in [0, 0.1) is 3.57 Å². The Hall–Kier alpha value is -1.37. The molecule has 0 unspecified atom stereocenters. The van der Waals surface area contributed by atoms with Gasteiger partial charge < -0.3 is 14.8 Å². The smallest absolute Gasteiger partial charge is 0.573 e. The molecule has 1 N–H and O–H groups in total. The van der Waals surface area contributed by atoms with Crippen LogP contribution in [-0.4, -0.2) is 25.9 Å². The molecule has 3 rings (SSSR count). The third-order valence-electron chi connectivity index (χ3n) is 3.79.